The summed E-state index contributed by atoms with van der Waals surface area (Å²) >= 11 is 0. The van der Waals surface area contributed by atoms with Gasteiger partial charge in [-0.15, -0.1) is 0 Å². The summed E-state index contributed by atoms with van der Waals surface area (Å²) in [6, 6.07) is 8.18. The number of nitrogens with one attached hydrogen (secondary N) is 1. The molecule has 1 aromatic carbocycles. The number of fused-ring (bicyclic) bond motifs is 1. The molecule has 2 aliphatic carbocycles. The van der Waals surface area contributed by atoms with E-state index < -0.39 is 11.5 Å². The largest absolute Gasteiger partial charge is 0.417 e. The number of urea groups is 1. The fraction of sp³-hybridized carbons (Fsp3) is 0.522. The Morgan fingerprint density at radius 2 is 1.59 bits per heavy atom. The third-order valence-corrected chi connectivity index (χ3v) is 6.19. The van der Waals surface area contributed by atoms with E-state index in [2.05, 4.69) is 5.32 Å². The van der Waals surface area contributed by atoms with Gasteiger partial charge in [-0.3, -0.25) is 9.69 Å². The molecule has 2 fully saturated rings. The fourth-order valence-electron chi connectivity index (χ4n) is 4.61. The molecule has 0 spiro atoms. The second kappa shape index (κ2) is 8.80. The van der Waals surface area contributed by atoms with E-state index in [0.717, 1.165) is 57.8 Å². The maximum atomic E-state index is 13.4. The van der Waals surface area contributed by atoms with E-state index in [-0.39, 0.29) is 23.9 Å². The molecule has 0 unspecified atom stereocenters. The smallest absolute Gasteiger partial charge is 0.344 e. The number of benzene rings is 1. The highest BCUT2D eigenvalue weighted by Gasteiger charge is 2.34. The summed E-state index contributed by atoms with van der Waals surface area (Å²) in [6.07, 6.45) is 9.98. The average molecular weight is 396 g/mol. The Morgan fingerprint density at radius 1 is 0.931 bits per heavy atom. The number of hydrogen-bond acceptors (Lipinski definition) is 4. The van der Waals surface area contributed by atoms with Crippen LogP contribution < -0.4 is 10.9 Å². The predicted octanol–water partition coefficient (Wildman–Crippen LogP) is 4.61. The number of carbonyl (C=O) groups is 2. The number of imide groups is 1. The minimum Gasteiger partial charge on any atom is -0.417 e. The second-order valence-corrected chi connectivity index (χ2v) is 8.24. The van der Waals surface area contributed by atoms with Crippen molar-refractivity contribution in [1.29, 1.82) is 0 Å². The lowest BCUT2D eigenvalue weighted by atomic mass is 9.93. The monoisotopic (exact) mass is 396 g/mol. The molecule has 1 heterocycles. The Balaban J connectivity index is 1.63. The molecule has 3 amide bonds. The molecule has 0 radical (unpaired) electrons. The normalized spacial score (nSPS) is 18.5. The second-order valence-electron chi connectivity index (χ2n) is 8.24. The maximum Gasteiger partial charge on any atom is 0.344 e. The fourth-order valence-corrected chi connectivity index (χ4v) is 4.61. The van der Waals surface area contributed by atoms with Gasteiger partial charge in [-0.05, 0) is 43.2 Å². The van der Waals surface area contributed by atoms with Crippen LogP contribution in [0.3, 0.4) is 0 Å². The summed E-state index contributed by atoms with van der Waals surface area (Å²) in [4.78, 5) is 40.2. The lowest BCUT2D eigenvalue weighted by molar-refractivity contribution is 0.0667. The van der Waals surface area contributed by atoms with E-state index in [1.807, 2.05) is 6.07 Å². The third kappa shape index (κ3) is 4.36. The quantitative estimate of drug-likeness (QED) is 0.822. The Kier molecular flexibility index (Phi) is 5.97. The number of rotatable bonds is 3. The molecular formula is C23H28N2O4. The summed E-state index contributed by atoms with van der Waals surface area (Å²) in [5, 5.41) is 4.14. The lowest BCUT2D eigenvalue weighted by Crippen LogP contribution is -2.53. The molecule has 2 aromatic rings. The summed E-state index contributed by atoms with van der Waals surface area (Å²) < 4.78 is 5.34. The molecule has 2 saturated carbocycles. The molecular weight excluding hydrogens is 368 g/mol. The number of hydrogen-bond donors (Lipinski definition) is 1. The molecule has 6 nitrogen and oxygen atoms in total. The van der Waals surface area contributed by atoms with E-state index in [0.29, 0.717) is 10.8 Å². The molecule has 1 aromatic heterocycles. The summed E-state index contributed by atoms with van der Waals surface area (Å²) in [5.41, 5.74) is -0.553. The molecule has 0 bridgehead atoms. The van der Waals surface area contributed by atoms with Crippen molar-refractivity contribution in [2.75, 3.05) is 0 Å². The van der Waals surface area contributed by atoms with E-state index >= 15 is 0 Å². The Labute approximate surface area is 170 Å². The Bertz CT molecular complexity index is 939. The van der Waals surface area contributed by atoms with E-state index in [4.69, 9.17) is 4.42 Å². The Morgan fingerprint density at radius 3 is 2.31 bits per heavy atom. The van der Waals surface area contributed by atoms with Gasteiger partial charge in [0.15, 0.2) is 5.76 Å². The number of nitrogens with zero attached hydrogens (tertiary/aromatic N) is 1. The number of carbonyl (C=O) groups excluding carboxylic acids is 2. The molecule has 4 rings (SSSR count). The van der Waals surface area contributed by atoms with Crippen molar-refractivity contribution in [3.63, 3.8) is 0 Å². The van der Waals surface area contributed by atoms with Gasteiger partial charge < -0.3 is 9.73 Å². The van der Waals surface area contributed by atoms with Crippen LogP contribution in [0.1, 0.15) is 74.8 Å². The molecule has 29 heavy (non-hydrogen) atoms. The van der Waals surface area contributed by atoms with Crippen molar-refractivity contribution in [2.45, 2.75) is 76.3 Å². The van der Waals surface area contributed by atoms with Gasteiger partial charge in [0, 0.05) is 12.1 Å². The topological polar surface area (TPSA) is 79.6 Å². The van der Waals surface area contributed by atoms with E-state index in [1.165, 1.54) is 11.3 Å². The van der Waals surface area contributed by atoms with Crippen LogP contribution in [-0.4, -0.2) is 28.9 Å². The van der Waals surface area contributed by atoms with Crippen molar-refractivity contribution in [1.82, 2.24) is 10.2 Å². The van der Waals surface area contributed by atoms with Gasteiger partial charge in [-0.1, -0.05) is 56.7 Å². The molecule has 2 aliphatic rings. The van der Waals surface area contributed by atoms with Gasteiger partial charge in [0.1, 0.15) is 0 Å². The highest BCUT2D eigenvalue weighted by Crippen LogP contribution is 2.26. The predicted molar refractivity (Wildman–Crippen MR) is 111 cm³/mol. The first-order valence-corrected chi connectivity index (χ1v) is 10.8. The van der Waals surface area contributed by atoms with Crippen LogP contribution in [0.2, 0.25) is 0 Å². The molecule has 154 valence electrons. The molecule has 0 atom stereocenters. The SMILES string of the molecule is O=C(NC1CCCCC1)N(C(=O)c1cc2ccccc2c(=O)o1)C1CCCCC1. The van der Waals surface area contributed by atoms with Crippen LogP contribution in [0.15, 0.2) is 39.5 Å². The maximum absolute atomic E-state index is 13.4. The van der Waals surface area contributed by atoms with Crippen molar-refractivity contribution >= 4 is 22.7 Å². The van der Waals surface area contributed by atoms with Gasteiger partial charge in [-0.2, -0.15) is 0 Å². The van der Waals surface area contributed by atoms with Crippen molar-refractivity contribution in [2.24, 2.45) is 0 Å². The van der Waals surface area contributed by atoms with E-state index in [9.17, 15) is 14.4 Å². The van der Waals surface area contributed by atoms with Gasteiger partial charge in [0.25, 0.3) is 5.91 Å². The van der Waals surface area contributed by atoms with Gasteiger partial charge in [0.2, 0.25) is 0 Å². The van der Waals surface area contributed by atoms with Gasteiger partial charge in [0.05, 0.1) is 5.39 Å². The van der Waals surface area contributed by atoms with Crippen LogP contribution in [0.4, 0.5) is 4.79 Å². The number of amides is 3. The molecule has 0 saturated heterocycles. The van der Waals surface area contributed by atoms with Crippen LogP contribution in [0.5, 0.6) is 0 Å². The first-order chi connectivity index (χ1) is 14.1. The van der Waals surface area contributed by atoms with Crippen LogP contribution in [0.25, 0.3) is 10.8 Å². The summed E-state index contributed by atoms with van der Waals surface area (Å²) in [6.45, 7) is 0. The zero-order valence-corrected chi connectivity index (χ0v) is 16.7. The summed E-state index contributed by atoms with van der Waals surface area (Å²) in [7, 11) is 0. The molecule has 1 N–H and O–H groups in total. The minimum atomic E-state index is -0.553. The lowest BCUT2D eigenvalue weighted by Gasteiger charge is -2.34. The van der Waals surface area contributed by atoms with Crippen molar-refractivity contribution in [3.05, 3.63) is 46.5 Å². The van der Waals surface area contributed by atoms with Crippen LogP contribution >= 0.6 is 0 Å². The zero-order chi connectivity index (χ0) is 20.2. The average Bonchev–Trinajstić information content (AvgIpc) is 2.75. The van der Waals surface area contributed by atoms with Gasteiger partial charge in [-0.25, -0.2) is 9.59 Å². The zero-order valence-electron chi connectivity index (χ0n) is 16.7. The first-order valence-electron chi connectivity index (χ1n) is 10.8. The molecule has 0 aliphatic heterocycles. The Hall–Kier alpha value is -2.63. The standard InChI is InChI=1S/C23H28N2O4/c26-21(20-15-16-9-7-8-14-19(16)22(27)29-20)25(18-12-5-2-6-13-18)23(28)24-17-10-3-1-4-11-17/h7-9,14-15,17-18H,1-6,10-13H2,(H,24,28). The minimum absolute atomic E-state index is 0.0712. The van der Waals surface area contributed by atoms with Gasteiger partial charge >= 0.3 is 11.7 Å². The van der Waals surface area contributed by atoms with Crippen LogP contribution in [0, 0.1) is 0 Å². The van der Waals surface area contributed by atoms with Crippen molar-refractivity contribution < 1.29 is 14.0 Å². The van der Waals surface area contributed by atoms with Crippen LogP contribution in [-0.2, 0) is 0 Å². The first kappa shape index (κ1) is 19.7. The molecule has 6 heteroatoms. The van der Waals surface area contributed by atoms with E-state index in [1.54, 1.807) is 24.3 Å². The van der Waals surface area contributed by atoms with Crippen molar-refractivity contribution in [3.8, 4) is 0 Å². The summed E-state index contributed by atoms with van der Waals surface area (Å²) in [5.74, 6) is -0.592. The highest BCUT2D eigenvalue weighted by atomic mass is 16.4. The third-order valence-electron chi connectivity index (χ3n) is 6.19. The highest BCUT2D eigenvalue weighted by molar-refractivity contribution is 6.04.